The molecule has 0 bridgehead atoms. The fraction of sp³-hybridized carbons (Fsp3) is 0.222. The van der Waals surface area contributed by atoms with E-state index in [9.17, 15) is 4.79 Å². The SMILES string of the molecule is Cc1n[nH]c(C)c1C(=O)Nc1nccs1. The predicted molar refractivity (Wildman–Crippen MR) is 58.1 cm³/mol. The Morgan fingerprint density at radius 3 is 2.87 bits per heavy atom. The van der Waals surface area contributed by atoms with Gasteiger partial charge < -0.3 is 0 Å². The molecule has 1 amide bonds. The maximum absolute atomic E-state index is 11.8. The average Bonchev–Trinajstić information content (AvgIpc) is 2.77. The number of carbonyl (C=O) groups excluding carboxylic acids is 1. The van der Waals surface area contributed by atoms with E-state index in [0.29, 0.717) is 16.4 Å². The van der Waals surface area contributed by atoms with Crippen LogP contribution in [0.2, 0.25) is 0 Å². The van der Waals surface area contributed by atoms with Crippen molar-refractivity contribution in [2.75, 3.05) is 5.32 Å². The van der Waals surface area contributed by atoms with Gasteiger partial charge in [0.2, 0.25) is 0 Å². The van der Waals surface area contributed by atoms with E-state index in [-0.39, 0.29) is 5.91 Å². The number of aryl methyl sites for hydroxylation is 2. The molecule has 0 spiro atoms. The highest BCUT2D eigenvalue weighted by Gasteiger charge is 2.15. The molecular formula is C9H10N4OS. The van der Waals surface area contributed by atoms with Crippen molar-refractivity contribution in [3.05, 3.63) is 28.5 Å². The van der Waals surface area contributed by atoms with Gasteiger partial charge in [0.05, 0.1) is 11.3 Å². The Balaban J connectivity index is 2.22. The Morgan fingerprint density at radius 2 is 2.33 bits per heavy atom. The molecule has 78 valence electrons. The second-order valence-electron chi connectivity index (χ2n) is 3.10. The third-order valence-electron chi connectivity index (χ3n) is 2.01. The average molecular weight is 222 g/mol. The molecule has 2 N–H and O–H groups in total. The van der Waals surface area contributed by atoms with Crippen LogP contribution in [0.3, 0.4) is 0 Å². The van der Waals surface area contributed by atoms with E-state index in [0.717, 1.165) is 5.69 Å². The van der Waals surface area contributed by atoms with Gasteiger partial charge in [-0.2, -0.15) is 5.10 Å². The van der Waals surface area contributed by atoms with E-state index in [2.05, 4.69) is 20.5 Å². The molecule has 0 saturated heterocycles. The molecule has 0 saturated carbocycles. The van der Waals surface area contributed by atoms with E-state index in [1.54, 1.807) is 13.1 Å². The Bertz CT molecular complexity index is 455. The van der Waals surface area contributed by atoms with E-state index in [1.807, 2.05) is 12.3 Å². The molecule has 0 atom stereocenters. The second kappa shape index (κ2) is 3.82. The number of hydrogen-bond acceptors (Lipinski definition) is 4. The molecule has 0 aliphatic heterocycles. The van der Waals surface area contributed by atoms with Crippen LogP contribution in [0.15, 0.2) is 11.6 Å². The molecule has 15 heavy (non-hydrogen) atoms. The number of carbonyl (C=O) groups is 1. The number of amides is 1. The molecule has 6 heteroatoms. The fourth-order valence-corrected chi connectivity index (χ4v) is 1.85. The van der Waals surface area contributed by atoms with E-state index >= 15 is 0 Å². The molecule has 0 aromatic carbocycles. The number of thiazole rings is 1. The minimum Gasteiger partial charge on any atom is -0.298 e. The van der Waals surface area contributed by atoms with Crippen molar-refractivity contribution in [3.8, 4) is 0 Å². The van der Waals surface area contributed by atoms with Crippen LogP contribution in [-0.4, -0.2) is 21.1 Å². The van der Waals surface area contributed by atoms with Crippen LogP contribution in [0.1, 0.15) is 21.7 Å². The smallest absolute Gasteiger partial charge is 0.261 e. The van der Waals surface area contributed by atoms with Crippen LogP contribution in [0, 0.1) is 13.8 Å². The number of nitrogens with one attached hydrogen (secondary N) is 2. The van der Waals surface area contributed by atoms with Crippen LogP contribution >= 0.6 is 11.3 Å². The minimum atomic E-state index is -0.172. The van der Waals surface area contributed by atoms with Crippen molar-refractivity contribution in [3.63, 3.8) is 0 Å². The number of H-pyrrole nitrogens is 1. The summed E-state index contributed by atoms with van der Waals surface area (Å²) < 4.78 is 0. The highest BCUT2D eigenvalue weighted by Crippen LogP contribution is 2.15. The molecular weight excluding hydrogens is 212 g/mol. The lowest BCUT2D eigenvalue weighted by Gasteiger charge is -2.00. The predicted octanol–water partition coefficient (Wildman–Crippen LogP) is 1.74. The van der Waals surface area contributed by atoms with E-state index < -0.39 is 0 Å². The zero-order valence-corrected chi connectivity index (χ0v) is 9.18. The summed E-state index contributed by atoms with van der Waals surface area (Å²) in [6, 6.07) is 0. The zero-order valence-electron chi connectivity index (χ0n) is 8.37. The first-order valence-electron chi connectivity index (χ1n) is 4.41. The zero-order chi connectivity index (χ0) is 10.8. The number of aromatic amines is 1. The second-order valence-corrected chi connectivity index (χ2v) is 3.99. The number of rotatable bonds is 2. The largest absolute Gasteiger partial charge is 0.298 e. The third-order valence-corrected chi connectivity index (χ3v) is 2.70. The van der Waals surface area contributed by atoms with Crippen molar-refractivity contribution < 1.29 is 4.79 Å². The number of aromatic nitrogens is 3. The van der Waals surface area contributed by atoms with Crippen LogP contribution in [-0.2, 0) is 0 Å². The molecule has 0 radical (unpaired) electrons. The van der Waals surface area contributed by atoms with Gasteiger partial charge in [0.25, 0.3) is 5.91 Å². The third kappa shape index (κ3) is 1.89. The molecule has 0 fully saturated rings. The maximum atomic E-state index is 11.8. The van der Waals surface area contributed by atoms with Gasteiger partial charge in [0.1, 0.15) is 0 Å². The Morgan fingerprint density at radius 1 is 1.53 bits per heavy atom. The molecule has 2 heterocycles. The van der Waals surface area contributed by atoms with Crippen LogP contribution in [0.25, 0.3) is 0 Å². The highest BCUT2D eigenvalue weighted by atomic mass is 32.1. The summed E-state index contributed by atoms with van der Waals surface area (Å²) in [5, 5.41) is 11.9. The molecule has 0 aliphatic carbocycles. The summed E-state index contributed by atoms with van der Waals surface area (Å²) in [6.07, 6.45) is 1.65. The normalized spacial score (nSPS) is 10.3. The maximum Gasteiger partial charge on any atom is 0.261 e. The van der Waals surface area contributed by atoms with Crippen LogP contribution in [0.5, 0.6) is 0 Å². The van der Waals surface area contributed by atoms with Crippen molar-refractivity contribution in [2.45, 2.75) is 13.8 Å². The lowest BCUT2D eigenvalue weighted by atomic mass is 10.2. The molecule has 5 nitrogen and oxygen atoms in total. The summed E-state index contributed by atoms with van der Waals surface area (Å²) in [7, 11) is 0. The van der Waals surface area contributed by atoms with Crippen molar-refractivity contribution >= 4 is 22.4 Å². The first-order chi connectivity index (χ1) is 7.18. The van der Waals surface area contributed by atoms with Crippen molar-refractivity contribution in [1.82, 2.24) is 15.2 Å². The van der Waals surface area contributed by atoms with Gasteiger partial charge in [-0.1, -0.05) is 0 Å². The fourth-order valence-electron chi connectivity index (χ4n) is 1.33. The van der Waals surface area contributed by atoms with Crippen molar-refractivity contribution in [1.29, 1.82) is 0 Å². The standard InChI is InChI=1S/C9H10N4OS/c1-5-7(6(2)13-12-5)8(14)11-9-10-3-4-15-9/h3-4H,1-2H3,(H,12,13)(H,10,11,14). The Hall–Kier alpha value is -1.69. The lowest BCUT2D eigenvalue weighted by Crippen LogP contribution is -2.13. The Kier molecular flexibility index (Phi) is 2.51. The van der Waals surface area contributed by atoms with E-state index in [1.165, 1.54) is 11.3 Å². The van der Waals surface area contributed by atoms with Gasteiger partial charge in [-0.25, -0.2) is 4.98 Å². The first kappa shape index (κ1) is 9.85. The number of hydrogen-bond donors (Lipinski definition) is 2. The molecule has 2 aromatic heterocycles. The summed E-state index contributed by atoms with van der Waals surface area (Å²) >= 11 is 1.39. The Labute approximate surface area is 90.6 Å². The monoisotopic (exact) mass is 222 g/mol. The first-order valence-corrected chi connectivity index (χ1v) is 5.29. The van der Waals surface area contributed by atoms with Gasteiger partial charge >= 0.3 is 0 Å². The topological polar surface area (TPSA) is 70.7 Å². The summed E-state index contributed by atoms with van der Waals surface area (Å²) in [5.74, 6) is -0.172. The van der Waals surface area contributed by atoms with Crippen LogP contribution in [0.4, 0.5) is 5.13 Å². The summed E-state index contributed by atoms with van der Waals surface area (Å²) in [4.78, 5) is 15.8. The van der Waals surface area contributed by atoms with Gasteiger partial charge in [-0.15, -0.1) is 11.3 Å². The van der Waals surface area contributed by atoms with Gasteiger partial charge in [0.15, 0.2) is 5.13 Å². The molecule has 2 aromatic rings. The quantitative estimate of drug-likeness (QED) is 0.813. The summed E-state index contributed by atoms with van der Waals surface area (Å²) in [5.41, 5.74) is 2.05. The highest BCUT2D eigenvalue weighted by molar-refractivity contribution is 7.13. The molecule has 0 unspecified atom stereocenters. The van der Waals surface area contributed by atoms with Crippen LogP contribution < -0.4 is 5.32 Å². The number of nitrogens with zero attached hydrogens (tertiary/aromatic N) is 2. The van der Waals surface area contributed by atoms with Gasteiger partial charge in [0, 0.05) is 17.3 Å². The summed E-state index contributed by atoms with van der Waals surface area (Å²) in [6.45, 7) is 3.61. The number of anilines is 1. The van der Waals surface area contributed by atoms with E-state index in [4.69, 9.17) is 0 Å². The lowest BCUT2D eigenvalue weighted by molar-refractivity contribution is 0.102. The molecule has 2 rings (SSSR count). The van der Waals surface area contributed by atoms with Crippen molar-refractivity contribution in [2.24, 2.45) is 0 Å². The van der Waals surface area contributed by atoms with Gasteiger partial charge in [-0.05, 0) is 13.8 Å². The molecule has 0 aliphatic rings. The minimum absolute atomic E-state index is 0.172. The van der Waals surface area contributed by atoms with Gasteiger partial charge in [-0.3, -0.25) is 15.2 Å².